The van der Waals surface area contributed by atoms with Gasteiger partial charge in [-0.2, -0.15) is 0 Å². The molecular formula is C20H30N2O4. The molecular weight excluding hydrogens is 332 g/mol. The van der Waals surface area contributed by atoms with E-state index in [1.54, 1.807) is 33.0 Å². The quantitative estimate of drug-likeness (QED) is 0.581. The summed E-state index contributed by atoms with van der Waals surface area (Å²) in [6, 6.07) is 1.73. The summed E-state index contributed by atoms with van der Waals surface area (Å²) >= 11 is 0. The summed E-state index contributed by atoms with van der Waals surface area (Å²) in [6.45, 7) is 9.94. The standard InChI is InChI=1S/C20H30N2O4/c1-6-7-11-25-16-12-15(13-21-14(16)2)17(23)20(9-8-10-20)22-18(24)26-19(3,4)5/h12-13H,6-11H2,1-5H3,(H,22,24). The van der Waals surface area contributed by atoms with E-state index in [4.69, 9.17) is 9.47 Å². The fourth-order valence-electron chi connectivity index (χ4n) is 2.82. The first-order valence-electron chi connectivity index (χ1n) is 9.32. The number of carbonyl (C=O) groups excluding carboxylic acids is 2. The number of nitrogens with zero attached hydrogens (tertiary/aromatic N) is 1. The van der Waals surface area contributed by atoms with Gasteiger partial charge in [0.25, 0.3) is 0 Å². The first-order chi connectivity index (χ1) is 12.2. The second-order valence-electron chi connectivity index (χ2n) is 7.90. The molecule has 0 bridgehead atoms. The zero-order valence-corrected chi connectivity index (χ0v) is 16.5. The van der Waals surface area contributed by atoms with Crippen LogP contribution in [-0.2, 0) is 4.74 Å². The van der Waals surface area contributed by atoms with Gasteiger partial charge in [0.2, 0.25) is 0 Å². The summed E-state index contributed by atoms with van der Waals surface area (Å²) in [5.74, 6) is 0.485. The lowest BCUT2D eigenvalue weighted by Crippen LogP contribution is -2.59. The van der Waals surface area contributed by atoms with Gasteiger partial charge in [-0.1, -0.05) is 13.3 Å². The van der Waals surface area contributed by atoms with Crippen molar-refractivity contribution >= 4 is 11.9 Å². The highest BCUT2D eigenvalue weighted by Crippen LogP contribution is 2.36. The minimum Gasteiger partial charge on any atom is -0.492 e. The predicted molar refractivity (Wildman–Crippen MR) is 99.7 cm³/mol. The average Bonchev–Trinajstić information content (AvgIpc) is 2.50. The molecule has 1 fully saturated rings. The molecule has 1 heterocycles. The van der Waals surface area contributed by atoms with E-state index in [0.717, 1.165) is 25.0 Å². The van der Waals surface area contributed by atoms with E-state index in [0.29, 0.717) is 30.8 Å². The predicted octanol–water partition coefficient (Wildman–Crippen LogP) is 4.20. The summed E-state index contributed by atoms with van der Waals surface area (Å²) in [7, 11) is 0. The molecule has 1 aliphatic carbocycles. The Morgan fingerprint density at radius 3 is 2.54 bits per heavy atom. The van der Waals surface area contributed by atoms with Crippen molar-refractivity contribution in [3.63, 3.8) is 0 Å². The van der Waals surface area contributed by atoms with Crippen LogP contribution < -0.4 is 10.1 Å². The lowest BCUT2D eigenvalue weighted by Gasteiger charge is -2.41. The van der Waals surface area contributed by atoms with Crippen LogP contribution in [0.2, 0.25) is 0 Å². The fraction of sp³-hybridized carbons (Fsp3) is 0.650. The van der Waals surface area contributed by atoms with Crippen molar-refractivity contribution in [2.75, 3.05) is 6.61 Å². The Kier molecular flexibility index (Phi) is 6.26. The van der Waals surface area contributed by atoms with Crippen LogP contribution in [0.5, 0.6) is 5.75 Å². The highest BCUT2D eigenvalue weighted by molar-refractivity contribution is 6.05. The molecule has 0 spiro atoms. The lowest BCUT2D eigenvalue weighted by molar-refractivity contribution is 0.0358. The Hall–Kier alpha value is -2.11. The van der Waals surface area contributed by atoms with Crippen LogP contribution in [0.1, 0.15) is 75.9 Å². The second kappa shape index (κ2) is 8.06. The van der Waals surface area contributed by atoms with E-state index in [-0.39, 0.29) is 5.78 Å². The number of rotatable bonds is 7. The third-order valence-corrected chi connectivity index (χ3v) is 4.44. The largest absolute Gasteiger partial charge is 0.492 e. The fourth-order valence-corrected chi connectivity index (χ4v) is 2.82. The van der Waals surface area contributed by atoms with Crippen molar-refractivity contribution in [3.05, 3.63) is 23.5 Å². The van der Waals surface area contributed by atoms with Gasteiger partial charge in [-0.25, -0.2) is 4.79 Å². The van der Waals surface area contributed by atoms with Crippen molar-refractivity contribution in [2.24, 2.45) is 0 Å². The van der Waals surface area contributed by atoms with Gasteiger partial charge in [0.1, 0.15) is 16.9 Å². The number of aromatic nitrogens is 1. The zero-order valence-electron chi connectivity index (χ0n) is 16.5. The number of amides is 1. The molecule has 1 amide bonds. The van der Waals surface area contributed by atoms with Crippen molar-refractivity contribution in [3.8, 4) is 5.75 Å². The number of pyridine rings is 1. The first kappa shape index (κ1) is 20.2. The average molecular weight is 362 g/mol. The van der Waals surface area contributed by atoms with E-state index in [9.17, 15) is 9.59 Å². The summed E-state index contributed by atoms with van der Waals surface area (Å²) in [5, 5.41) is 2.79. The van der Waals surface area contributed by atoms with Gasteiger partial charge in [0.15, 0.2) is 5.78 Å². The summed E-state index contributed by atoms with van der Waals surface area (Å²) < 4.78 is 11.1. The number of nitrogens with one attached hydrogen (secondary N) is 1. The molecule has 0 atom stereocenters. The van der Waals surface area contributed by atoms with E-state index in [1.165, 1.54) is 0 Å². The maximum absolute atomic E-state index is 13.1. The molecule has 26 heavy (non-hydrogen) atoms. The van der Waals surface area contributed by atoms with Crippen LogP contribution in [0.4, 0.5) is 4.79 Å². The van der Waals surface area contributed by atoms with Crippen molar-refractivity contribution < 1.29 is 19.1 Å². The molecule has 1 aromatic rings. The summed E-state index contributed by atoms with van der Waals surface area (Å²) in [5.41, 5.74) is -0.303. The van der Waals surface area contributed by atoms with Crippen LogP contribution in [0.25, 0.3) is 0 Å². The molecule has 1 aromatic heterocycles. The third kappa shape index (κ3) is 4.96. The maximum Gasteiger partial charge on any atom is 0.408 e. The molecule has 1 saturated carbocycles. The van der Waals surface area contributed by atoms with Crippen LogP contribution in [0, 0.1) is 6.92 Å². The van der Waals surface area contributed by atoms with Gasteiger partial charge in [0, 0.05) is 11.8 Å². The zero-order chi connectivity index (χ0) is 19.4. The van der Waals surface area contributed by atoms with Gasteiger partial charge >= 0.3 is 6.09 Å². The van der Waals surface area contributed by atoms with E-state index in [2.05, 4.69) is 17.2 Å². The van der Waals surface area contributed by atoms with Crippen LogP contribution in [-0.4, -0.2) is 34.6 Å². The molecule has 6 nitrogen and oxygen atoms in total. The highest BCUT2D eigenvalue weighted by Gasteiger charge is 2.46. The van der Waals surface area contributed by atoms with Crippen LogP contribution in [0.3, 0.4) is 0 Å². The summed E-state index contributed by atoms with van der Waals surface area (Å²) in [4.78, 5) is 29.5. The molecule has 1 N–H and O–H groups in total. The Bertz CT molecular complexity index is 660. The molecule has 0 saturated heterocycles. The molecule has 6 heteroatoms. The number of unbranched alkanes of at least 4 members (excludes halogenated alkanes) is 1. The number of ketones is 1. The highest BCUT2D eigenvalue weighted by atomic mass is 16.6. The van der Waals surface area contributed by atoms with Gasteiger partial charge in [0.05, 0.1) is 12.3 Å². The second-order valence-corrected chi connectivity index (χ2v) is 7.90. The number of Topliss-reactive ketones (excluding diaryl/α,β-unsaturated/α-hetero) is 1. The Labute approximate surface area is 155 Å². The van der Waals surface area contributed by atoms with E-state index < -0.39 is 17.2 Å². The molecule has 0 radical (unpaired) electrons. The maximum atomic E-state index is 13.1. The topological polar surface area (TPSA) is 77.5 Å². The minimum atomic E-state index is -0.903. The molecule has 0 unspecified atom stereocenters. The Morgan fingerprint density at radius 2 is 2.00 bits per heavy atom. The van der Waals surface area contributed by atoms with E-state index in [1.807, 2.05) is 6.92 Å². The molecule has 0 aliphatic heterocycles. The molecule has 1 aliphatic rings. The number of carbonyl (C=O) groups is 2. The lowest BCUT2D eigenvalue weighted by atomic mass is 9.72. The first-order valence-corrected chi connectivity index (χ1v) is 9.32. The number of alkyl carbamates (subject to hydrolysis) is 1. The van der Waals surface area contributed by atoms with Gasteiger partial charge in [-0.15, -0.1) is 0 Å². The van der Waals surface area contributed by atoms with Crippen LogP contribution >= 0.6 is 0 Å². The normalized spacial score (nSPS) is 15.7. The van der Waals surface area contributed by atoms with Gasteiger partial charge in [-0.05, 0) is 59.4 Å². The number of hydrogen-bond donors (Lipinski definition) is 1. The monoisotopic (exact) mass is 362 g/mol. The third-order valence-electron chi connectivity index (χ3n) is 4.44. The van der Waals surface area contributed by atoms with Crippen LogP contribution in [0.15, 0.2) is 12.3 Å². The smallest absolute Gasteiger partial charge is 0.408 e. The number of hydrogen-bond acceptors (Lipinski definition) is 5. The van der Waals surface area contributed by atoms with Crippen molar-refractivity contribution in [1.82, 2.24) is 10.3 Å². The minimum absolute atomic E-state index is 0.137. The summed E-state index contributed by atoms with van der Waals surface area (Å²) in [6.07, 6.45) is 5.07. The SMILES string of the molecule is CCCCOc1cc(C(=O)C2(NC(=O)OC(C)(C)C)CCC2)cnc1C. The molecule has 2 rings (SSSR count). The Balaban J connectivity index is 2.15. The molecule has 0 aromatic carbocycles. The Morgan fingerprint density at radius 1 is 1.31 bits per heavy atom. The van der Waals surface area contributed by atoms with Crippen molar-refractivity contribution in [1.29, 1.82) is 0 Å². The molecule has 144 valence electrons. The van der Waals surface area contributed by atoms with Crippen molar-refractivity contribution in [2.45, 2.75) is 77.9 Å². The van der Waals surface area contributed by atoms with Gasteiger partial charge in [-0.3, -0.25) is 9.78 Å². The van der Waals surface area contributed by atoms with Gasteiger partial charge < -0.3 is 14.8 Å². The number of aryl methyl sites for hydroxylation is 1. The number of ether oxygens (including phenoxy) is 2. The van der Waals surface area contributed by atoms with E-state index >= 15 is 0 Å².